The highest BCUT2D eigenvalue weighted by molar-refractivity contribution is 7.46. The van der Waals surface area contributed by atoms with E-state index in [1.807, 2.05) is 36.4 Å². The van der Waals surface area contributed by atoms with E-state index in [0.717, 1.165) is 5.56 Å². The number of phosphoric acid groups is 1. The average molecular weight is 532 g/mol. The second-order valence-corrected chi connectivity index (χ2v) is 9.46. The first kappa shape index (κ1) is 25.4. The van der Waals surface area contributed by atoms with Gasteiger partial charge in [-0.1, -0.05) is 36.4 Å². The van der Waals surface area contributed by atoms with E-state index in [9.17, 15) is 19.1 Å². The number of hydrogen-bond donors (Lipinski definition) is 4. The van der Waals surface area contributed by atoms with Crippen molar-refractivity contribution in [2.24, 2.45) is 0 Å². The zero-order valence-electron chi connectivity index (χ0n) is 19.6. The molecular formula is C22H25N6O8P. The molecule has 2 aromatic heterocycles. The van der Waals surface area contributed by atoms with E-state index in [0.29, 0.717) is 17.7 Å². The van der Waals surface area contributed by atoms with E-state index in [1.165, 1.54) is 12.7 Å². The molecule has 0 spiro atoms. The molecule has 2 saturated heterocycles. The van der Waals surface area contributed by atoms with Crippen LogP contribution >= 0.6 is 7.82 Å². The minimum atomic E-state index is -4.74. The van der Waals surface area contributed by atoms with Crippen LogP contribution in [0.15, 0.2) is 49.1 Å². The molecular weight excluding hydrogens is 507 g/mol. The van der Waals surface area contributed by atoms with Crippen LogP contribution in [0.1, 0.15) is 18.7 Å². The molecule has 4 N–H and O–H groups in total. The quantitative estimate of drug-likeness (QED) is 0.311. The molecule has 2 aliphatic rings. The molecule has 2 fully saturated rings. The molecule has 15 heteroatoms. The number of amides is 2. The highest BCUT2D eigenvalue weighted by atomic mass is 31.2. The minimum Gasteiger partial charge on any atom is -0.347 e. The third-order valence-corrected chi connectivity index (χ3v) is 6.21. The fraction of sp³-hybridized carbons (Fsp3) is 0.364. The maximum atomic E-state index is 12.0. The maximum Gasteiger partial charge on any atom is 0.469 e. The molecule has 2 amide bonds. The second kappa shape index (κ2) is 10.6. The van der Waals surface area contributed by atoms with Crippen molar-refractivity contribution in [3.8, 4) is 0 Å². The number of benzene rings is 1. The molecule has 5 atom stereocenters. The van der Waals surface area contributed by atoms with Gasteiger partial charge in [0.15, 0.2) is 29.5 Å². The molecule has 5 rings (SSSR count). The Morgan fingerprint density at radius 3 is 2.70 bits per heavy atom. The summed E-state index contributed by atoms with van der Waals surface area (Å²) in [6.07, 6.45) is 2.55. The number of carbonyl (C=O) groups excluding carboxylic acids is 1. The molecule has 14 nitrogen and oxygen atoms in total. The lowest BCUT2D eigenvalue weighted by atomic mass is 10.1. The summed E-state index contributed by atoms with van der Waals surface area (Å²) in [5.41, 5.74) is 1.63. The van der Waals surface area contributed by atoms with Gasteiger partial charge in [-0.3, -0.25) is 14.4 Å². The van der Waals surface area contributed by atoms with Crippen molar-refractivity contribution >= 4 is 36.9 Å². The number of urea groups is 1. The molecule has 2 unspecified atom stereocenters. The van der Waals surface area contributed by atoms with E-state index >= 15 is 0 Å². The van der Waals surface area contributed by atoms with Gasteiger partial charge in [-0.25, -0.2) is 24.3 Å². The van der Waals surface area contributed by atoms with Gasteiger partial charge in [0.05, 0.1) is 12.9 Å². The summed E-state index contributed by atoms with van der Waals surface area (Å²) in [5.74, 6) is 0.206. The van der Waals surface area contributed by atoms with E-state index in [4.69, 9.17) is 18.7 Å². The summed E-state index contributed by atoms with van der Waals surface area (Å²) in [7, 11) is -4.74. The first-order valence-electron chi connectivity index (χ1n) is 11.4. The number of hydrogen-bond acceptors (Lipinski definition) is 9. The fourth-order valence-corrected chi connectivity index (χ4v) is 4.52. The van der Waals surface area contributed by atoms with Crippen molar-refractivity contribution in [1.29, 1.82) is 0 Å². The number of carbonyl (C=O) groups is 1. The van der Waals surface area contributed by atoms with E-state index in [-0.39, 0.29) is 5.82 Å². The summed E-state index contributed by atoms with van der Waals surface area (Å²) in [6.45, 7) is 1.80. The third kappa shape index (κ3) is 5.70. The predicted molar refractivity (Wildman–Crippen MR) is 129 cm³/mol. The number of nitrogens with one attached hydrogen (secondary N) is 2. The van der Waals surface area contributed by atoms with Gasteiger partial charge in [0, 0.05) is 6.54 Å². The predicted octanol–water partition coefficient (Wildman–Crippen LogP) is 1.80. The normalized spacial score (nSPS) is 25.5. The van der Waals surface area contributed by atoms with Crippen LogP contribution in [0.2, 0.25) is 0 Å². The number of aromatic nitrogens is 4. The van der Waals surface area contributed by atoms with Crippen molar-refractivity contribution in [3.63, 3.8) is 0 Å². The van der Waals surface area contributed by atoms with Crippen LogP contribution in [0.4, 0.5) is 10.6 Å². The standard InChI is InChI=1S/C22H25N6O8P/c1-2-23-22(29)27-19-16-20(25-11-24-19)28(12-26-16)21-18-17(14(34-21)10-33-37(30,31)32)35-15(36-18)9-8-13-6-4-3-5-7-13/h3-9,11-12,14-15,17-18,21H,2,10H2,1H3,(H2,30,31,32)(H2,23,24,25,27,29)/b9-8+/t14-,15?,17+,18?,21-/m1/s1. The van der Waals surface area contributed by atoms with Gasteiger partial charge in [0.1, 0.15) is 24.6 Å². The Bertz CT molecular complexity index is 1330. The lowest BCUT2D eigenvalue weighted by molar-refractivity contribution is -0.132. The summed E-state index contributed by atoms with van der Waals surface area (Å²) >= 11 is 0. The minimum absolute atomic E-state index is 0.206. The van der Waals surface area contributed by atoms with Crippen LogP contribution in [0.5, 0.6) is 0 Å². The summed E-state index contributed by atoms with van der Waals surface area (Å²) < 4.78 is 35.9. The fourth-order valence-electron chi connectivity index (χ4n) is 4.17. The van der Waals surface area contributed by atoms with Gasteiger partial charge in [0.2, 0.25) is 0 Å². The Balaban J connectivity index is 1.41. The van der Waals surface area contributed by atoms with Crippen molar-refractivity contribution in [2.75, 3.05) is 18.5 Å². The monoisotopic (exact) mass is 532 g/mol. The average Bonchev–Trinajstić information content (AvgIpc) is 3.56. The van der Waals surface area contributed by atoms with Gasteiger partial charge < -0.3 is 29.3 Å². The molecule has 4 heterocycles. The van der Waals surface area contributed by atoms with Crippen LogP contribution < -0.4 is 10.6 Å². The summed E-state index contributed by atoms with van der Waals surface area (Å²) in [6, 6.07) is 9.14. The van der Waals surface area contributed by atoms with Gasteiger partial charge >= 0.3 is 13.9 Å². The van der Waals surface area contributed by atoms with Crippen LogP contribution in [0, 0.1) is 0 Å². The van der Waals surface area contributed by atoms with Gasteiger partial charge in [0.25, 0.3) is 0 Å². The zero-order valence-corrected chi connectivity index (χ0v) is 20.5. The summed E-state index contributed by atoms with van der Waals surface area (Å²) in [5, 5.41) is 5.25. The van der Waals surface area contributed by atoms with E-state index in [2.05, 4.69) is 25.6 Å². The molecule has 1 aromatic carbocycles. The van der Waals surface area contributed by atoms with Crippen molar-refractivity contribution in [2.45, 2.75) is 37.8 Å². The van der Waals surface area contributed by atoms with Crippen LogP contribution in [-0.2, 0) is 23.3 Å². The van der Waals surface area contributed by atoms with Gasteiger partial charge in [-0.15, -0.1) is 0 Å². The van der Waals surface area contributed by atoms with Crippen molar-refractivity contribution in [1.82, 2.24) is 24.8 Å². The Morgan fingerprint density at radius 2 is 1.95 bits per heavy atom. The van der Waals surface area contributed by atoms with Crippen molar-refractivity contribution in [3.05, 3.63) is 54.6 Å². The molecule has 2 aliphatic heterocycles. The molecule has 3 aromatic rings. The smallest absolute Gasteiger partial charge is 0.347 e. The Morgan fingerprint density at radius 1 is 1.16 bits per heavy atom. The molecule has 0 radical (unpaired) electrons. The highest BCUT2D eigenvalue weighted by Gasteiger charge is 2.53. The third-order valence-electron chi connectivity index (χ3n) is 5.72. The Hall–Kier alpha value is -3.23. The lowest BCUT2D eigenvalue weighted by Crippen LogP contribution is -2.31. The second-order valence-electron chi connectivity index (χ2n) is 8.22. The Kier molecular flexibility index (Phi) is 7.31. The number of imidazole rings is 1. The number of phosphoric ester groups is 1. The lowest BCUT2D eigenvalue weighted by Gasteiger charge is -2.20. The molecule has 0 aliphatic carbocycles. The molecule has 0 bridgehead atoms. The first-order valence-corrected chi connectivity index (χ1v) is 13.0. The van der Waals surface area contributed by atoms with Crippen molar-refractivity contribution < 1.29 is 37.9 Å². The van der Waals surface area contributed by atoms with Crippen LogP contribution in [-0.4, -0.2) is 73.1 Å². The van der Waals surface area contributed by atoms with Gasteiger partial charge in [-0.05, 0) is 18.6 Å². The SMILES string of the molecule is CCNC(=O)Nc1ncnc2c1ncn2[C@@H]1O[C@H](COP(=O)(O)O)[C@@H]2OC(/C=C/c3ccccc3)OC21. The number of rotatable bonds is 8. The number of nitrogens with zero attached hydrogens (tertiary/aromatic N) is 4. The first-order chi connectivity index (χ1) is 17.8. The zero-order chi connectivity index (χ0) is 26.0. The van der Waals surface area contributed by atoms with E-state index in [1.54, 1.807) is 17.6 Å². The Labute approximate surface area is 210 Å². The van der Waals surface area contributed by atoms with E-state index < -0.39 is 51.3 Å². The maximum absolute atomic E-state index is 12.0. The number of fused-ring (bicyclic) bond motifs is 2. The molecule has 196 valence electrons. The molecule has 37 heavy (non-hydrogen) atoms. The summed E-state index contributed by atoms with van der Waals surface area (Å²) in [4.78, 5) is 43.1. The highest BCUT2D eigenvalue weighted by Crippen LogP contribution is 2.43. The largest absolute Gasteiger partial charge is 0.469 e. The topological polar surface area (TPSA) is 179 Å². The number of anilines is 1. The van der Waals surface area contributed by atoms with Crippen LogP contribution in [0.3, 0.4) is 0 Å². The molecule has 0 saturated carbocycles. The van der Waals surface area contributed by atoms with Crippen LogP contribution in [0.25, 0.3) is 17.2 Å². The number of ether oxygens (including phenoxy) is 3. The van der Waals surface area contributed by atoms with Gasteiger partial charge in [-0.2, -0.15) is 0 Å².